The third-order valence-corrected chi connectivity index (χ3v) is 7.29. The van der Waals surface area contributed by atoms with Crippen molar-refractivity contribution in [1.29, 1.82) is 0 Å². The van der Waals surface area contributed by atoms with Crippen LogP contribution in [-0.2, 0) is 6.42 Å². The molecule has 38 heavy (non-hydrogen) atoms. The quantitative estimate of drug-likeness (QED) is 0.378. The van der Waals surface area contributed by atoms with Gasteiger partial charge in [0, 0.05) is 30.9 Å². The van der Waals surface area contributed by atoms with Crippen LogP contribution in [0.3, 0.4) is 0 Å². The highest BCUT2D eigenvalue weighted by Crippen LogP contribution is 2.42. The summed E-state index contributed by atoms with van der Waals surface area (Å²) in [5.41, 5.74) is -1.42. The summed E-state index contributed by atoms with van der Waals surface area (Å²) in [7, 11) is 0. The van der Waals surface area contributed by atoms with Crippen molar-refractivity contribution in [2.45, 2.75) is 50.7 Å². The minimum Gasteiger partial charge on any atom is -0.491 e. The number of hydrogen-bond donors (Lipinski definition) is 3. The van der Waals surface area contributed by atoms with Gasteiger partial charge in [-0.3, -0.25) is 9.78 Å². The summed E-state index contributed by atoms with van der Waals surface area (Å²) in [5.74, 6) is -4.30. The van der Waals surface area contributed by atoms with Crippen LogP contribution in [0.25, 0.3) is 11.3 Å². The number of ketones is 1. The third kappa shape index (κ3) is 5.57. The number of ether oxygens (including phenoxy) is 1. The Morgan fingerprint density at radius 1 is 1.13 bits per heavy atom. The van der Waals surface area contributed by atoms with Crippen LogP contribution >= 0.6 is 0 Å². The normalized spacial score (nSPS) is 23.3. The molecule has 4 atom stereocenters. The number of rotatable bonds is 8. The van der Waals surface area contributed by atoms with Gasteiger partial charge < -0.3 is 20.1 Å². The molecule has 1 aromatic carbocycles. The second-order valence-corrected chi connectivity index (χ2v) is 9.85. The SMILES string of the molecule is C[C@H]1C[C@@H](c2ccncc2CC(=O)c2ccc(F)c(-c3c(F)cc(OCCO)cc3F)n2)C[C@@H](O)[C@]1(C)O. The number of carbonyl (C=O) groups is 1. The average Bonchev–Trinajstić information content (AvgIpc) is 2.87. The van der Waals surface area contributed by atoms with Gasteiger partial charge in [0.15, 0.2) is 5.78 Å². The van der Waals surface area contributed by atoms with E-state index in [1.54, 1.807) is 19.2 Å². The van der Waals surface area contributed by atoms with Crippen LogP contribution in [0.5, 0.6) is 5.75 Å². The van der Waals surface area contributed by atoms with Gasteiger partial charge in [0.2, 0.25) is 0 Å². The molecule has 202 valence electrons. The summed E-state index contributed by atoms with van der Waals surface area (Å²) in [6.07, 6.45) is 2.91. The Balaban J connectivity index is 1.61. The maximum Gasteiger partial charge on any atom is 0.185 e. The third-order valence-electron chi connectivity index (χ3n) is 7.29. The minimum atomic E-state index is -1.22. The minimum absolute atomic E-state index is 0.127. The average molecular weight is 531 g/mol. The first kappa shape index (κ1) is 27.7. The molecule has 1 saturated carbocycles. The van der Waals surface area contributed by atoms with Crippen LogP contribution in [0.4, 0.5) is 13.2 Å². The van der Waals surface area contributed by atoms with Crippen LogP contribution < -0.4 is 4.74 Å². The number of Topliss-reactive ketones (excluding diaryl/α,β-unsaturated/α-hetero) is 1. The molecule has 10 heteroatoms. The molecule has 4 rings (SSSR count). The molecule has 0 unspecified atom stereocenters. The summed E-state index contributed by atoms with van der Waals surface area (Å²) in [6.45, 7) is 2.93. The lowest BCUT2D eigenvalue weighted by Gasteiger charge is -2.43. The molecule has 1 fully saturated rings. The van der Waals surface area contributed by atoms with Gasteiger partial charge in [-0.25, -0.2) is 18.2 Å². The molecule has 0 amide bonds. The lowest BCUT2D eigenvalue weighted by molar-refractivity contribution is -0.123. The van der Waals surface area contributed by atoms with Crippen molar-refractivity contribution < 1.29 is 38.0 Å². The summed E-state index contributed by atoms with van der Waals surface area (Å²) in [4.78, 5) is 21.3. The molecule has 0 bridgehead atoms. The molecule has 7 nitrogen and oxygen atoms in total. The van der Waals surface area contributed by atoms with E-state index in [9.17, 15) is 28.2 Å². The predicted molar refractivity (Wildman–Crippen MR) is 132 cm³/mol. The largest absolute Gasteiger partial charge is 0.491 e. The fourth-order valence-corrected chi connectivity index (χ4v) is 4.90. The van der Waals surface area contributed by atoms with Gasteiger partial charge >= 0.3 is 0 Å². The monoisotopic (exact) mass is 530 g/mol. The Kier molecular flexibility index (Phi) is 8.15. The molecule has 3 aromatic rings. The second kappa shape index (κ2) is 11.2. The first-order valence-electron chi connectivity index (χ1n) is 12.3. The Morgan fingerprint density at radius 3 is 2.50 bits per heavy atom. The predicted octanol–water partition coefficient (Wildman–Crippen LogP) is 3.98. The number of halogens is 3. The standard InChI is InChI=1S/C28H29F3N2O5/c1-15-9-16(11-25(36)28(15,2)37)19-5-6-32-14-17(19)10-24(35)23-4-3-20(29)27(33-23)26-21(30)12-18(13-22(26)31)38-8-7-34/h3-6,12-16,25,34,36-37H,7-11H2,1-2H3/t15-,16+,25+,28+/m0/s1. The zero-order valence-corrected chi connectivity index (χ0v) is 21.0. The highest BCUT2D eigenvalue weighted by atomic mass is 19.1. The van der Waals surface area contributed by atoms with Crippen molar-refractivity contribution in [3.05, 3.63) is 77.0 Å². The van der Waals surface area contributed by atoms with E-state index >= 15 is 0 Å². The van der Waals surface area contributed by atoms with E-state index in [-0.39, 0.29) is 42.9 Å². The topological polar surface area (TPSA) is 113 Å². The fourth-order valence-electron chi connectivity index (χ4n) is 4.90. The van der Waals surface area contributed by atoms with E-state index in [2.05, 4.69) is 9.97 Å². The zero-order chi connectivity index (χ0) is 27.6. The van der Waals surface area contributed by atoms with Gasteiger partial charge in [0.1, 0.15) is 41.2 Å². The van der Waals surface area contributed by atoms with Gasteiger partial charge in [0.25, 0.3) is 0 Å². The second-order valence-electron chi connectivity index (χ2n) is 9.85. The van der Waals surface area contributed by atoms with E-state index < -0.39 is 46.2 Å². The molecular weight excluding hydrogens is 501 g/mol. The van der Waals surface area contributed by atoms with Crippen LogP contribution in [-0.4, -0.2) is 56.0 Å². The van der Waals surface area contributed by atoms with Crippen molar-refractivity contribution >= 4 is 5.78 Å². The van der Waals surface area contributed by atoms with Crippen molar-refractivity contribution in [2.75, 3.05) is 13.2 Å². The number of carbonyl (C=O) groups excluding carboxylic acids is 1. The summed E-state index contributed by atoms with van der Waals surface area (Å²) in [6, 6.07) is 5.54. The van der Waals surface area contributed by atoms with E-state index in [1.165, 1.54) is 6.20 Å². The van der Waals surface area contributed by atoms with Crippen molar-refractivity contribution in [1.82, 2.24) is 9.97 Å². The van der Waals surface area contributed by atoms with Crippen molar-refractivity contribution in [3.8, 4) is 17.0 Å². The Bertz CT molecular complexity index is 1300. The van der Waals surface area contributed by atoms with Gasteiger partial charge in [-0.05, 0) is 60.9 Å². The number of nitrogens with zero attached hydrogens (tertiary/aromatic N) is 2. The van der Waals surface area contributed by atoms with Gasteiger partial charge in [0.05, 0.1) is 23.9 Å². The van der Waals surface area contributed by atoms with Crippen molar-refractivity contribution in [2.24, 2.45) is 5.92 Å². The molecule has 2 heterocycles. The Labute approximate surface area is 218 Å². The zero-order valence-electron chi connectivity index (χ0n) is 21.0. The first-order valence-corrected chi connectivity index (χ1v) is 12.3. The van der Waals surface area contributed by atoms with E-state index in [0.717, 1.165) is 29.8 Å². The van der Waals surface area contributed by atoms with Gasteiger partial charge in [-0.1, -0.05) is 6.92 Å². The molecule has 1 aliphatic rings. The van der Waals surface area contributed by atoms with Gasteiger partial charge in [-0.15, -0.1) is 0 Å². The fraction of sp³-hybridized carbons (Fsp3) is 0.393. The number of aliphatic hydroxyl groups excluding tert-OH is 2. The highest BCUT2D eigenvalue weighted by Gasteiger charge is 2.43. The summed E-state index contributed by atoms with van der Waals surface area (Å²) in [5, 5.41) is 29.9. The van der Waals surface area contributed by atoms with E-state index in [4.69, 9.17) is 9.84 Å². The molecule has 0 saturated heterocycles. The molecular formula is C28H29F3N2O5. The number of aromatic nitrogens is 2. The Hall–Kier alpha value is -3.34. The summed E-state index contributed by atoms with van der Waals surface area (Å²) < 4.78 is 49.1. The maximum atomic E-state index is 14.7. The highest BCUT2D eigenvalue weighted by molar-refractivity contribution is 5.96. The number of benzene rings is 1. The Morgan fingerprint density at radius 2 is 1.84 bits per heavy atom. The maximum absolute atomic E-state index is 14.7. The number of pyridine rings is 2. The van der Waals surface area contributed by atoms with E-state index in [1.807, 2.05) is 6.92 Å². The summed E-state index contributed by atoms with van der Waals surface area (Å²) >= 11 is 0. The lowest BCUT2D eigenvalue weighted by atomic mass is 9.68. The van der Waals surface area contributed by atoms with E-state index in [0.29, 0.717) is 18.4 Å². The van der Waals surface area contributed by atoms with Crippen LogP contribution in [0.2, 0.25) is 0 Å². The van der Waals surface area contributed by atoms with Crippen molar-refractivity contribution in [3.63, 3.8) is 0 Å². The molecule has 0 aliphatic heterocycles. The number of hydrogen-bond acceptors (Lipinski definition) is 7. The van der Waals surface area contributed by atoms with Crippen LogP contribution in [0.15, 0.2) is 42.7 Å². The first-order chi connectivity index (χ1) is 18.0. The molecule has 2 aromatic heterocycles. The van der Waals surface area contributed by atoms with Gasteiger partial charge in [-0.2, -0.15) is 0 Å². The van der Waals surface area contributed by atoms with Crippen LogP contribution in [0, 0.1) is 23.4 Å². The molecule has 1 aliphatic carbocycles. The lowest BCUT2D eigenvalue weighted by Crippen LogP contribution is -2.49. The number of aliphatic hydroxyl groups is 3. The van der Waals surface area contributed by atoms with Crippen LogP contribution in [0.1, 0.15) is 54.2 Å². The molecule has 0 spiro atoms. The molecule has 3 N–H and O–H groups in total. The smallest absolute Gasteiger partial charge is 0.185 e. The molecule has 0 radical (unpaired) electrons.